The lowest BCUT2D eigenvalue weighted by Crippen LogP contribution is -2.12. The highest BCUT2D eigenvalue weighted by Gasteiger charge is 2.05. The summed E-state index contributed by atoms with van der Waals surface area (Å²) >= 11 is 0. The Morgan fingerprint density at radius 1 is 1.31 bits per heavy atom. The van der Waals surface area contributed by atoms with Crippen LogP contribution in [0, 0.1) is 0 Å². The summed E-state index contributed by atoms with van der Waals surface area (Å²) in [6.45, 7) is 2.14. The molecule has 68 valence electrons. The van der Waals surface area contributed by atoms with Gasteiger partial charge in [0.1, 0.15) is 0 Å². The van der Waals surface area contributed by atoms with Crippen molar-refractivity contribution in [2.45, 2.75) is 13.0 Å². The van der Waals surface area contributed by atoms with E-state index in [9.17, 15) is 0 Å². The maximum absolute atomic E-state index is 3.38. The van der Waals surface area contributed by atoms with Crippen molar-refractivity contribution >= 4 is 10.9 Å². The molecular weight excluding hydrogens is 160 g/mol. The third kappa shape index (κ3) is 1.45. The van der Waals surface area contributed by atoms with Crippen molar-refractivity contribution in [3.63, 3.8) is 0 Å². The van der Waals surface area contributed by atoms with Crippen LogP contribution >= 0.6 is 0 Å². The first-order valence-corrected chi connectivity index (χ1v) is 4.56. The SMILES string of the molecule is CNC(C)c1cc2ccccc2[nH]1. The summed E-state index contributed by atoms with van der Waals surface area (Å²) in [5, 5.41) is 4.49. The van der Waals surface area contributed by atoms with E-state index >= 15 is 0 Å². The average molecular weight is 174 g/mol. The summed E-state index contributed by atoms with van der Waals surface area (Å²) in [6.07, 6.45) is 0. The van der Waals surface area contributed by atoms with Gasteiger partial charge in [0, 0.05) is 17.3 Å². The molecule has 0 radical (unpaired) electrons. The molecular formula is C11H14N2. The summed E-state index contributed by atoms with van der Waals surface area (Å²) < 4.78 is 0. The van der Waals surface area contributed by atoms with Crippen molar-refractivity contribution in [2.75, 3.05) is 7.05 Å². The van der Waals surface area contributed by atoms with Crippen LogP contribution in [0.2, 0.25) is 0 Å². The van der Waals surface area contributed by atoms with Crippen LogP contribution in [0.1, 0.15) is 18.7 Å². The molecule has 0 saturated heterocycles. The predicted octanol–water partition coefficient (Wildman–Crippen LogP) is 2.45. The third-order valence-corrected chi connectivity index (χ3v) is 2.45. The first-order chi connectivity index (χ1) is 6.31. The van der Waals surface area contributed by atoms with Gasteiger partial charge in [-0.05, 0) is 31.5 Å². The number of H-pyrrole nitrogens is 1. The maximum atomic E-state index is 3.38. The molecule has 0 aliphatic carbocycles. The zero-order chi connectivity index (χ0) is 9.26. The van der Waals surface area contributed by atoms with Gasteiger partial charge in [-0.1, -0.05) is 18.2 Å². The molecule has 1 atom stereocenters. The summed E-state index contributed by atoms with van der Waals surface area (Å²) in [7, 11) is 1.97. The Bertz CT molecular complexity index is 370. The molecule has 2 aromatic rings. The Morgan fingerprint density at radius 2 is 2.08 bits per heavy atom. The number of hydrogen-bond acceptors (Lipinski definition) is 1. The van der Waals surface area contributed by atoms with Gasteiger partial charge in [-0.3, -0.25) is 0 Å². The van der Waals surface area contributed by atoms with Crippen LogP contribution in [0.5, 0.6) is 0 Å². The zero-order valence-electron chi connectivity index (χ0n) is 7.96. The van der Waals surface area contributed by atoms with Gasteiger partial charge in [0.05, 0.1) is 0 Å². The molecule has 0 bridgehead atoms. The number of fused-ring (bicyclic) bond motifs is 1. The quantitative estimate of drug-likeness (QED) is 0.719. The highest BCUT2D eigenvalue weighted by atomic mass is 14.9. The predicted molar refractivity (Wildman–Crippen MR) is 55.8 cm³/mol. The molecule has 2 nitrogen and oxygen atoms in total. The Balaban J connectivity index is 2.49. The van der Waals surface area contributed by atoms with Crippen LogP contribution in [-0.4, -0.2) is 12.0 Å². The molecule has 0 spiro atoms. The second-order valence-corrected chi connectivity index (χ2v) is 3.32. The van der Waals surface area contributed by atoms with Crippen LogP contribution in [0.25, 0.3) is 10.9 Å². The molecule has 2 rings (SSSR count). The van der Waals surface area contributed by atoms with Gasteiger partial charge < -0.3 is 10.3 Å². The molecule has 1 unspecified atom stereocenters. The average Bonchev–Trinajstić information content (AvgIpc) is 2.59. The van der Waals surface area contributed by atoms with Crippen molar-refractivity contribution in [3.05, 3.63) is 36.0 Å². The Labute approximate surface area is 78.0 Å². The summed E-state index contributed by atoms with van der Waals surface area (Å²) in [4.78, 5) is 3.38. The van der Waals surface area contributed by atoms with Crippen molar-refractivity contribution in [3.8, 4) is 0 Å². The normalized spacial score (nSPS) is 13.4. The van der Waals surface area contributed by atoms with Crippen molar-refractivity contribution in [1.29, 1.82) is 0 Å². The van der Waals surface area contributed by atoms with Gasteiger partial charge in [-0.2, -0.15) is 0 Å². The highest BCUT2D eigenvalue weighted by molar-refractivity contribution is 5.80. The van der Waals surface area contributed by atoms with Gasteiger partial charge in [-0.15, -0.1) is 0 Å². The van der Waals surface area contributed by atoms with Gasteiger partial charge in [0.15, 0.2) is 0 Å². The zero-order valence-corrected chi connectivity index (χ0v) is 7.96. The second-order valence-electron chi connectivity index (χ2n) is 3.32. The molecule has 2 heteroatoms. The van der Waals surface area contributed by atoms with Crippen LogP contribution in [-0.2, 0) is 0 Å². The smallest absolute Gasteiger partial charge is 0.0456 e. The van der Waals surface area contributed by atoms with Gasteiger partial charge >= 0.3 is 0 Å². The first-order valence-electron chi connectivity index (χ1n) is 4.56. The van der Waals surface area contributed by atoms with E-state index in [1.165, 1.54) is 16.6 Å². The molecule has 0 saturated carbocycles. The van der Waals surface area contributed by atoms with Gasteiger partial charge in [-0.25, -0.2) is 0 Å². The number of aromatic nitrogens is 1. The topological polar surface area (TPSA) is 27.8 Å². The monoisotopic (exact) mass is 174 g/mol. The lowest BCUT2D eigenvalue weighted by Gasteiger charge is -2.05. The Hall–Kier alpha value is -1.28. The van der Waals surface area contributed by atoms with E-state index in [2.05, 4.69) is 41.5 Å². The van der Waals surface area contributed by atoms with Crippen molar-refractivity contribution in [2.24, 2.45) is 0 Å². The Kier molecular flexibility index (Phi) is 2.07. The molecule has 13 heavy (non-hydrogen) atoms. The molecule has 1 heterocycles. The van der Waals surface area contributed by atoms with Gasteiger partial charge in [0.2, 0.25) is 0 Å². The highest BCUT2D eigenvalue weighted by Crippen LogP contribution is 2.18. The summed E-state index contributed by atoms with van der Waals surface area (Å²) in [5.74, 6) is 0. The number of aromatic amines is 1. The molecule has 0 fully saturated rings. The molecule has 2 N–H and O–H groups in total. The number of hydrogen-bond donors (Lipinski definition) is 2. The van der Waals surface area contributed by atoms with E-state index in [1.54, 1.807) is 0 Å². The van der Waals surface area contributed by atoms with E-state index in [-0.39, 0.29) is 0 Å². The van der Waals surface area contributed by atoms with E-state index in [0.29, 0.717) is 6.04 Å². The molecule has 0 aliphatic rings. The minimum Gasteiger partial charge on any atom is -0.357 e. The van der Waals surface area contributed by atoms with Crippen LogP contribution in [0.4, 0.5) is 0 Å². The number of benzene rings is 1. The molecule has 0 amide bonds. The number of nitrogens with one attached hydrogen (secondary N) is 2. The lowest BCUT2D eigenvalue weighted by molar-refractivity contribution is 0.638. The van der Waals surface area contributed by atoms with Crippen LogP contribution in [0.3, 0.4) is 0 Å². The van der Waals surface area contributed by atoms with Crippen LogP contribution < -0.4 is 5.32 Å². The van der Waals surface area contributed by atoms with Crippen LogP contribution in [0.15, 0.2) is 30.3 Å². The first kappa shape index (κ1) is 8.32. The molecule has 0 aliphatic heterocycles. The third-order valence-electron chi connectivity index (χ3n) is 2.45. The van der Waals surface area contributed by atoms with E-state index in [0.717, 1.165) is 0 Å². The number of para-hydroxylation sites is 1. The molecule has 1 aromatic heterocycles. The second kappa shape index (κ2) is 3.23. The van der Waals surface area contributed by atoms with E-state index < -0.39 is 0 Å². The van der Waals surface area contributed by atoms with Gasteiger partial charge in [0.25, 0.3) is 0 Å². The fraction of sp³-hybridized carbons (Fsp3) is 0.273. The largest absolute Gasteiger partial charge is 0.357 e. The maximum Gasteiger partial charge on any atom is 0.0456 e. The number of rotatable bonds is 2. The van der Waals surface area contributed by atoms with Crippen molar-refractivity contribution < 1.29 is 0 Å². The standard InChI is InChI=1S/C11H14N2/c1-8(12-2)11-7-9-5-3-4-6-10(9)13-11/h3-8,12-13H,1-2H3. The minimum absolute atomic E-state index is 0.382. The van der Waals surface area contributed by atoms with E-state index in [4.69, 9.17) is 0 Å². The Morgan fingerprint density at radius 3 is 2.77 bits per heavy atom. The van der Waals surface area contributed by atoms with E-state index in [1.807, 2.05) is 13.1 Å². The lowest BCUT2D eigenvalue weighted by atomic mass is 10.2. The fourth-order valence-electron chi connectivity index (χ4n) is 1.48. The molecule has 1 aromatic carbocycles. The fourth-order valence-corrected chi connectivity index (χ4v) is 1.48. The minimum atomic E-state index is 0.382. The van der Waals surface area contributed by atoms with Crippen molar-refractivity contribution in [1.82, 2.24) is 10.3 Å². The summed E-state index contributed by atoms with van der Waals surface area (Å²) in [6, 6.07) is 10.9. The summed E-state index contributed by atoms with van der Waals surface area (Å²) in [5.41, 5.74) is 2.45.